The third-order valence-corrected chi connectivity index (χ3v) is 7.09. The smallest absolute Gasteiger partial charge is 0.322 e. The highest BCUT2D eigenvalue weighted by Crippen LogP contribution is 2.43. The lowest BCUT2D eigenvalue weighted by Gasteiger charge is -2.51. The number of pyridine rings is 1. The number of carbonyl (C=O) groups is 1. The van der Waals surface area contributed by atoms with E-state index in [2.05, 4.69) is 29.2 Å². The van der Waals surface area contributed by atoms with E-state index >= 15 is 0 Å². The van der Waals surface area contributed by atoms with Crippen molar-refractivity contribution in [2.45, 2.75) is 51.9 Å². The first-order valence-corrected chi connectivity index (χ1v) is 10.5. The maximum atomic E-state index is 12.8. The fourth-order valence-electron chi connectivity index (χ4n) is 5.37. The largest absolute Gasteiger partial charge is 0.324 e. The molecule has 1 spiro atoms. The quantitative estimate of drug-likeness (QED) is 0.796. The Balaban J connectivity index is 1.43. The van der Waals surface area contributed by atoms with Crippen molar-refractivity contribution in [2.24, 2.45) is 11.3 Å². The molecule has 3 aliphatic rings. The van der Waals surface area contributed by atoms with Crippen molar-refractivity contribution in [1.82, 2.24) is 14.8 Å². The molecule has 2 amide bonds. The van der Waals surface area contributed by atoms with Crippen LogP contribution in [0.5, 0.6) is 0 Å². The number of nitrogens with zero attached hydrogens (tertiary/aromatic N) is 2. The molecular formula is C21H32N4O2. The van der Waals surface area contributed by atoms with Gasteiger partial charge in [-0.05, 0) is 81.5 Å². The number of urea groups is 1. The number of piperidine rings is 2. The minimum Gasteiger partial charge on any atom is -0.324 e. The molecule has 0 bridgehead atoms. The number of anilines is 1. The molecule has 2 fully saturated rings. The van der Waals surface area contributed by atoms with Crippen LogP contribution in [0.15, 0.2) is 10.9 Å². The molecule has 2 N–H and O–H groups in total. The summed E-state index contributed by atoms with van der Waals surface area (Å²) < 4.78 is 0. The number of fused-ring (bicyclic) bond motifs is 1. The van der Waals surface area contributed by atoms with Crippen LogP contribution >= 0.6 is 0 Å². The van der Waals surface area contributed by atoms with E-state index in [1.807, 2.05) is 11.0 Å². The Kier molecular flexibility index (Phi) is 5.01. The average Bonchev–Trinajstić information content (AvgIpc) is 2.64. The van der Waals surface area contributed by atoms with Crippen molar-refractivity contribution in [1.29, 1.82) is 0 Å². The second kappa shape index (κ2) is 7.30. The number of H-pyrrole nitrogens is 1. The third kappa shape index (κ3) is 3.64. The number of rotatable bonds is 1. The van der Waals surface area contributed by atoms with Gasteiger partial charge >= 0.3 is 6.03 Å². The standard InChI is InChI=1S/C21H32N4O2/c1-15-13-25(11-9-21(15)8-5-10-24(2)14-21)20(27)23-18-12-16-6-3-4-7-17(16)22-19(18)26/h12,15H,3-11,13-14H2,1-2H3,(H,22,26)(H,23,27). The van der Waals surface area contributed by atoms with Gasteiger partial charge in [-0.2, -0.15) is 0 Å². The first kappa shape index (κ1) is 18.5. The number of aromatic amines is 1. The van der Waals surface area contributed by atoms with Gasteiger partial charge in [0.25, 0.3) is 5.56 Å². The lowest BCUT2D eigenvalue weighted by Crippen LogP contribution is -2.55. The van der Waals surface area contributed by atoms with Crippen molar-refractivity contribution >= 4 is 11.7 Å². The molecule has 0 radical (unpaired) electrons. The Labute approximate surface area is 161 Å². The predicted molar refractivity (Wildman–Crippen MR) is 107 cm³/mol. The Morgan fingerprint density at radius 2 is 2.04 bits per heavy atom. The van der Waals surface area contributed by atoms with Gasteiger partial charge in [-0.15, -0.1) is 0 Å². The minimum atomic E-state index is -0.181. The van der Waals surface area contributed by atoms with Gasteiger partial charge < -0.3 is 20.1 Å². The first-order valence-electron chi connectivity index (χ1n) is 10.5. The minimum absolute atomic E-state index is 0.137. The number of amides is 2. The third-order valence-electron chi connectivity index (χ3n) is 7.09. The summed E-state index contributed by atoms with van der Waals surface area (Å²) in [5, 5.41) is 2.88. The number of nitrogens with one attached hydrogen (secondary N) is 2. The van der Waals surface area contributed by atoms with Crippen LogP contribution in [0.2, 0.25) is 0 Å². The van der Waals surface area contributed by atoms with E-state index in [1.54, 1.807) is 0 Å². The molecular weight excluding hydrogens is 340 g/mol. The molecule has 3 heterocycles. The van der Waals surface area contributed by atoms with Crippen LogP contribution in [0.25, 0.3) is 0 Å². The van der Waals surface area contributed by atoms with E-state index in [1.165, 1.54) is 24.9 Å². The molecule has 1 aliphatic carbocycles. The van der Waals surface area contributed by atoms with Crippen molar-refractivity contribution in [3.63, 3.8) is 0 Å². The summed E-state index contributed by atoms with van der Waals surface area (Å²) in [6, 6.07) is 1.75. The first-order chi connectivity index (χ1) is 13.0. The Morgan fingerprint density at radius 1 is 1.22 bits per heavy atom. The number of hydrogen-bond acceptors (Lipinski definition) is 3. The van der Waals surface area contributed by atoms with Crippen LogP contribution in [-0.2, 0) is 12.8 Å². The summed E-state index contributed by atoms with van der Waals surface area (Å²) in [5.41, 5.74) is 2.77. The normalized spacial score (nSPS) is 28.8. The molecule has 1 aromatic heterocycles. The monoisotopic (exact) mass is 372 g/mol. The predicted octanol–water partition coefficient (Wildman–Crippen LogP) is 2.84. The van der Waals surface area contributed by atoms with Crippen molar-refractivity contribution in [2.75, 3.05) is 38.5 Å². The van der Waals surface area contributed by atoms with E-state index in [-0.39, 0.29) is 11.6 Å². The van der Waals surface area contributed by atoms with E-state index < -0.39 is 0 Å². The van der Waals surface area contributed by atoms with Crippen LogP contribution in [0.4, 0.5) is 10.5 Å². The Morgan fingerprint density at radius 3 is 2.81 bits per heavy atom. The van der Waals surface area contributed by atoms with Crippen molar-refractivity contribution < 1.29 is 4.79 Å². The average molecular weight is 373 g/mol. The maximum absolute atomic E-state index is 12.8. The maximum Gasteiger partial charge on any atom is 0.322 e. The highest BCUT2D eigenvalue weighted by Gasteiger charge is 2.43. The van der Waals surface area contributed by atoms with Gasteiger partial charge in [0.2, 0.25) is 0 Å². The molecule has 2 saturated heterocycles. The highest BCUT2D eigenvalue weighted by atomic mass is 16.2. The van der Waals surface area contributed by atoms with Gasteiger partial charge in [0.15, 0.2) is 0 Å². The number of aromatic nitrogens is 1. The Bertz CT molecular complexity index is 774. The van der Waals surface area contributed by atoms with Crippen LogP contribution in [-0.4, -0.2) is 54.0 Å². The molecule has 6 nitrogen and oxygen atoms in total. The van der Waals surface area contributed by atoms with Gasteiger partial charge in [-0.3, -0.25) is 4.79 Å². The number of hydrogen-bond donors (Lipinski definition) is 2. The summed E-state index contributed by atoms with van der Waals surface area (Å²) in [4.78, 5) is 32.5. The van der Waals surface area contributed by atoms with Crippen LogP contribution in [0.3, 0.4) is 0 Å². The molecule has 4 rings (SSSR count). The lowest BCUT2D eigenvalue weighted by molar-refractivity contribution is -0.0000192. The molecule has 0 aromatic carbocycles. The van der Waals surface area contributed by atoms with Gasteiger partial charge in [-0.25, -0.2) is 4.79 Å². The summed E-state index contributed by atoms with van der Waals surface area (Å²) in [6.07, 6.45) is 7.73. The number of aryl methyl sites for hydroxylation is 2. The Hall–Kier alpha value is -1.82. The second-order valence-electron chi connectivity index (χ2n) is 8.95. The molecule has 2 unspecified atom stereocenters. The highest BCUT2D eigenvalue weighted by molar-refractivity contribution is 5.89. The van der Waals surface area contributed by atoms with Crippen LogP contribution in [0, 0.1) is 11.3 Å². The van der Waals surface area contributed by atoms with Crippen LogP contribution in [0.1, 0.15) is 50.3 Å². The van der Waals surface area contributed by atoms with Crippen molar-refractivity contribution in [3.8, 4) is 0 Å². The molecule has 2 atom stereocenters. The fourth-order valence-corrected chi connectivity index (χ4v) is 5.37. The van der Waals surface area contributed by atoms with Crippen LogP contribution < -0.4 is 10.9 Å². The van der Waals surface area contributed by atoms with Crippen molar-refractivity contribution in [3.05, 3.63) is 27.7 Å². The molecule has 6 heteroatoms. The molecule has 148 valence electrons. The molecule has 0 saturated carbocycles. The summed E-state index contributed by atoms with van der Waals surface area (Å²) in [5.74, 6) is 0.474. The topological polar surface area (TPSA) is 68.4 Å². The second-order valence-corrected chi connectivity index (χ2v) is 8.95. The van der Waals surface area contributed by atoms with Gasteiger partial charge in [0.05, 0.1) is 0 Å². The number of likely N-dealkylation sites (tertiary alicyclic amines) is 2. The van der Waals surface area contributed by atoms with E-state index in [9.17, 15) is 9.59 Å². The molecule has 27 heavy (non-hydrogen) atoms. The lowest BCUT2D eigenvalue weighted by atomic mass is 9.66. The zero-order valence-corrected chi connectivity index (χ0v) is 16.6. The van der Waals surface area contributed by atoms with E-state index in [4.69, 9.17) is 0 Å². The zero-order chi connectivity index (χ0) is 19.0. The van der Waals surface area contributed by atoms with Gasteiger partial charge in [0, 0.05) is 25.3 Å². The van der Waals surface area contributed by atoms with Gasteiger partial charge in [-0.1, -0.05) is 6.92 Å². The zero-order valence-electron chi connectivity index (χ0n) is 16.6. The number of carbonyl (C=O) groups excluding carboxylic acids is 1. The summed E-state index contributed by atoms with van der Waals surface area (Å²) >= 11 is 0. The SMILES string of the molecule is CC1CN(C(=O)Nc2cc3c([nH]c2=O)CCCC3)CCC12CCCN(C)C2. The van der Waals surface area contributed by atoms with E-state index in [0.29, 0.717) is 17.0 Å². The van der Waals surface area contributed by atoms with Gasteiger partial charge in [0.1, 0.15) is 5.69 Å². The molecule has 2 aliphatic heterocycles. The van der Waals surface area contributed by atoms with E-state index in [0.717, 1.165) is 57.4 Å². The molecule has 1 aromatic rings. The fraction of sp³-hybridized carbons (Fsp3) is 0.714. The summed E-state index contributed by atoms with van der Waals surface area (Å²) in [7, 11) is 2.20. The summed E-state index contributed by atoms with van der Waals surface area (Å²) in [6.45, 7) is 6.13.